The van der Waals surface area contributed by atoms with Gasteiger partial charge in [-0.2, -0.15) is 0 Å². The second-order valence-corrected chi connectivity index (χ2v) is 4.80. The molecule has 0 spiro atoms. The van der Waals surface area contributed by atoms with Crippen molar-refractivity contribution in [1.82, 2.24) is 9.97 Å². The van der Waals surface area contributed by atoms with Crippen LogP contribution in [0.1, 0.15) is 12.5 Å². The van der Waals surface area contributed by atoms with E-state index in [0.29, 0.717) is 5.56 Å². The van der Waals surface area contributed by atoms with Gasteiger partial charge in [0.1, 0.15) is 5.82 Å². The summed E-state index contributed by atoms with van der Waals surface area (Å²) in [6.45, 7) is 3.26. The fourth-order valence-electron chi connectivity index (χ4n) is 0.717. The molecule has 0 amide bonds. The topological polar surface area (TPSA) is 85.9 Å². The lowest BCUT2D eigenvalue weighted by Crippen LogP contribution is -2.10. The molecule has 0 bridgehead atoms. The molecule has 0 saturated carbocycles. The molecule has 1 rings (SSSR count). The molecule has 72 valence electrons. The Hall–Kier alpha value is -1.17. The van der Waals surface area contributed by atoms with Gasteiger partial charge in [0.2, 0.25) is 15.0 Å². The second kappa shape index (κ2) is 3.29. The van der Waals surface area contributed by atoms with Crippen LogP contribution in [0, 0.1) is 6.92 Å². The van der Waals surface area contributed by atoms with Crippen LogP contribution in [0.4, 0.5) is 5.82 Å². The molecule has 0 saturated heterocycles. The molecule has 13 heavy (non-hydrogen) atoms. The zero-order chi connectivity index (χ0) is 10.1. The van der Waals surface area contributed by atoms with Gasteiger partial charge in [-0.3, -0.25) is 0 Å². The molecular weight excluding hydrogens is 190 g/mol. The van der Waals surface area contributed by atoms with Crippen LogP contribution in [0.25, 0.3) is 0 Å². The summed E-state index contributed by atoms with van der Waals surface area (Å²) in [5.41, 5.74) is 6.13. The fraction of sp³-hybridized carbons (Fsp3) is 0.429. The number of nitrogen functional groups attached to an aromatic ring is 1. The second-order valence-electron chi connectivity index (χ2n) is 2.62. The van der Waals surface area contributed by atoms with E-state index in [9.17, 15) is 8.42 Å². The monoisotopic (exact) mass is 201 g/mol. The Bertz CT molecular complexity index is 414. The molecule has 5 nitrogen and oxygen atoms in total. The van der Waals surface area contributed by atoms with Crippen molar-refractivity contribution < 1.29 is 8.42 Å². The SMILES string of the molecule is CCS(=O)(=O)c1ncc(C)c(N)n1. The number of aromatic nitrogens is 2. The highest BCUT2D eigenvalue weighted by Gasteiger charge is 2.15. The summed E-state index contributed by atoms with van der Waals surface area (Å²) in [6.07, 6.45) is 1.41. The van der Waals surface area contributed by atoms with Crippen molar-refractivity contribution in [2.45, 2.75) is 19.0 Å². The zero-order valence-corrected chi connectivity index (χ0v) is 8.30. The highest BCUT2D eigenvalue weighted by Crippen LogP contribution is 2.09. The number of nitrogens with zero attached hydrogens (tertiary/aromatic N) is 2. The minimum atomic E-state index is -3.34. The third-order valence-electron chi connectivity index (χ3n) is 1.65. The lowest BCUT2D eigenvalue weighted by atomic mass is 10.4. The lowest BCUT2D eigenvalue weighted by Gasteiger charge is -2.01. The minimum Gasteiger partial charge on any atom is -0.383 e. The molecular formula is C7H11N3O2S. The highest BCUT2D eigenvalue weighted by atomic mass is 32.2. The average molecular weight is 201 g/mol. The number of hydrogen-bond donors (Lipinski definition) is 1. The predicted molar refractivity (Wildman–Crippen MR) is 48.9 cm³/mol. The molecule has 1 heterocycles. The summed E-state index contributed by atoms with van der Waals surface area (Å²) in [7, 11) is -3.34. The Morgan fingerprint density at radius 1 is 1.54 bits per heavy atom. The van der Waals surface area contributed by atoms with Gasteiger partial charge in [-0.25, -0.2) is 18.4 Å². The van der Waals surface area contributed by atoms with Crippen LogP contribution in [-0.4, -0.2) is 24.1 Å². The van der Waals surface area contributed by atoms with Crippen molar-refractivity contribution in [2.24, 2.45) is 0 Å². The standard InChI is InChI=1S/C7H11N3O2S/c1-3-13(11,12)7-9-4-5(2)6(8)10-7/h4H,3H2,1-2H3,(H2,8,9,10). The summed E-state index contributed by atoms with van der Waals surface area (Å²) < 4.78 is 22.6. The van der Waals surface area contributed by atoms with Crippen LogP contribution < -0.4 is 5.73 Å². The smallest absolute Gasteiger partial charge is 0.248 e. The van der Waals surface area contributed by atoms with Crippen LogP contribution in [0.5, 0.6) is 0 Å². The summed E-state index contributed by atoms with van der Waals surface area (Å²) >= 11 is 0. The van der Waals surface area contributed by atoms with Crippen LogP contribution in [0.2, 0.25) is 0 Å². The Kier molecular flexibility index (Phi) is 2.51. The van der Waals surface area contributed by atoms with Gasteiger partial charge < -0.3 is 5.73 Å². The van der Waals surface area contributed by atoms with Crippen molar-refractivity contribution in [3.8, 4) is 0 Å². The van der Waals surface area contributed by atoms with E-state index >= 15 is 0 Å². The first-order chi connectivity index (χ1) is 5.97. The van der Waals surface area contributed by atoms with Crippen LogP contribution >= 0.6 is 0 Å². The van der Waals surface area contributed by atoms with Crippen LogP contribution in [-0.2, 0) is 9.84 Å². The maximum absolute atomic E-state index is 11.3. The summed E-state index contributed by atoms with van der Waals surface area (Å²) in [4.78, 5) is 7.40. The Morgan fingerprint density at radius 2 is 2.15 bits per heavy atom. The maximum atomic E-state index is 11.3. The van der Waals surface area contributed by atoms with Crippen LogP contribution in [0.15, 0.2) is 11.4 Å². The Morgan fingerprint density at radius 3 is 2.62 bits per heavy atom. The van der Waals surface area contributed by atoms with E-state index in [0.717, 1.165) is 0 Å². The molecule has 0 unspecified atom stereocenters. The summed E-state index contributed by atoms with van der Waals surface area (Å²) in [5.74, 6) is 0.192. The number of sulfone groups is 1. The quantitative estimate of drug-likeness (QED) is 0.689. The number of nitrogens with two attached hydrogens (primary N) is 1. The van der Waals surface area contributed by atoms with E-state index < -0.39 is 9.84 Å². The molecule has 0 radical (unpaired) electrons. The first-order valence-corrected chi connectivity index (χ1v) is 5.44. The van der Waals surface area contributed by atoms with E-state index in [1.54, 1.807) is 6.92 Å². The van der Waals surface area contributed by atoms with E-state index in [2.05, 4.69) is 9.97 Å². The Labute approximate surface area is 76.9 Å². The van der Waals surface area contributed by atoms with E-state index in [4.69, 9.17) is 5.73 Å². The molecule has 0 aliphatic carbocycles. The third-order valence-corrected chi connectivity index (χ3v) is 3.16. The normalized spacial score (nSPS) is 11.5. The maximum Gasteiger partial charge on any atom is 0.248 e. The van der Waals surface area contributed by atoms with E-state index in [1.807, 2.05) is 0 Å². The van der Waals surface area contributed by atoms with Gasteiger partial charge in [-0.15, -0.1) is 0 Å². The molecule has 0 aliphatic rings. The van der Waals surface area contributed by atoms with Gasteiger partial charge in [0, 0.05) is 11.8 Å². The largest absolute Gasteiger partial charge is 0.383 e. The first-order valence-electron chi connectivity index (χ1n) is 3.79. The highest BCUT2D eigenvalue weighted by molar-refractivity contribution is 7.91. The van der Waals surface area contributed by atoms with Crippen molar-refractivity contribution in [2.75, 3.05) is 11.5 Å². The van der Waals surface area contributed by atoms with E-state index in [-0.39, 0.29) is 16.7 Å². The summed E-state index contributed by atoms with van der Waals surface area (Å²) in [5, 5.41) is -0.196. The molecule has 6 heteroatoms. The number of anilines is 1. The molecule has 0 fully saturated rings. The summed E-state index contributed by atoms with van der Waals surface area (Å²) in [6, 6.07) is 0. The molecule has 0 aliphatic heterocycles. The van der Waals surface area contributed by atoms with Crippen molar-refractivity contribution in [3.63, 3.8) is 0 Å². The average Bonchev–Trinajstić information content (AvgIpc) is 2.09. The van der Waals surface area contributed by atoms with Gasteiger partial charge in [-0.1, -0.05) is 6.92 Å². The molecule has 2 N–H and O–H groups in total. The molecule has 0 aromatic carbocycles. The number of rotatable bonds is 2. The number of hydrogen-bond acceptors (Lipinski definition) is 5. The first kappa shape index (κ1) is 9.91. The van der Waals surface area contributed by atoms with Crippen molar-refractivity contribution in [3.05, 3.63) is 11.8 Å². The minimum absolute atomic E-state index is 0.0184. The number of aryl methyl sites for hydroxylation is 1. The van der Waals surface area contributed by atoms with Crippen LogP contribution in [0.3, 0.4) is 0 Å². The van der Waals surface area contributed by atoms with Crippen molar-refractivity contribution >= 4 is 15.7 Å². The zero-order valence-electron chi connectivity index (χ0n) is 7.48. The lowest BCUT2D eigenvalue weighted by molar-refractivity contribution is 0.588. The predicted octanol–water partition coefficient (Wildman–Crippen LogP) is 0.161. The van der Waals surface area contributed by atoms with Gasteiger partial charge >= 0.3 is 0 Å². The third kappa shape index (κ3) is 1.95. The Balaban J connectivity index is 3.27. The van der Waals surface area contributed by atoms with Gasteiger partial charge in [0.05, 0.1) is 5.75 Å². The van der Waals surface area contributed by atoms with Gasteiger partial charge in [-0.05, 0) is 6.92 Å². The van der Waals surface area contributed by atoms with Crippen molar-refractivity contribution in [1.29, 1.82) is 0 Å². The molecule has 1 aromatic heterocycles. The van der Waals surface area contributed by atoms with Gasteiger partial charge in [0.25, 0.3) is 0 Å². The molecule has 1 aromatic rings. The van der Waals surface area contributed by atoms with Gasteiger partial charge in [0.15, 0.2) is 0 Å². The fourth-order valence-corrected chi connectivity index (χ4v) is 1.43. The van der Waals surface area contributed by atoms with E-state index in [1.165, 1.54) is 13.1 Å². The molecule has 0 atom stereocenters.